The van der Waals surface area contributed by atoms with Crippen molar-refractivity contribution in [3.63, 3.8) is 0 Å². The number of H-pyrrole nitrogens is 1. The van der Waals surface area contributed by atoms with Crippen LogP contribution in [0.4, 0.5) is 0 Å². The van der Waals surface area contributed by atoms with Gasteiger partial charge in [-0.2, -0.15) is 0 Å². The number of aromatic amines is 1. The number of amides is 1. The standard InChI is InChI=1S/C23H22N2O4/c1-3-29-23(27)19-14-25(22(26)15-7-6-8-16(13-15)28-2)12-11-18-17-9-4-5-10-20(17)24-21(18)19/h4-10,13-14,24H,3,11-12H2,1-2H3. The second-order valence-electron chi connectivity index (χ2n) is 6.77. The topological polar surface area (TPSA) is 71.6 Å². The third-order valence-electron chi connectivity index (χ3n) is 5.04. The monoisotopic (exact) mass is 390 g/mol. The molecule has 0 unspecified atom stereocenters. The number of nitrogens with zero attached hydrogens (tertiary/aromatic N) is 1. The molecule has 1 amide bonds. The first kappa shape index (κ1) is 18.8. The number of nitrogens with one attached hydrogen (secondary N) is 1. The molecule has 2 aromatic carbocycles. The highest BCUT2D eigenvalue weighted by molar-refractivity contribution is 6.18. The molecule has 0 bridgehead atoms. The Balaban J connectivity index is 1.78. The summed E-state index contributed by atoms with van der Waals surface area (Å²) in [5, 5.41) is 1.05. The minimum absolute atomic E-state index is 0.194. The summed E-state index contributed by atoms with van der Waals surface area (Å²) >= 11 is 0. The van der Waals surface area contributed by atoms with Crippen molar-refractivity contribution in [1.29, 1.82) is 0 Å². The number of para-hydroxylation sites is 1. The van der Waals surface area contributed by atoms with Gasteiger partial charge in [0.25, 0.3) is 5.91 Å². The molecule has 0 radical (unpaired) electrons. The molecule has 0 atom stereocenters. The molecular formula is C23H22N2O4. The number of hydrogen-bond acceptors (Lipinski definition) is 4. The number of fused-ring (bicyclic) bond motifs is 3. The van der Waals surface area contributed by atoms with Crippen molar-refractivity contribution in [2.45, 2.75) is 13.3 Å². The van der Waals surface area contributed by atoms with Crippen molar-refractivity contribution in [3.8, 4) is 5.75 Å². The molecule has 4 rings (SSSR count). The molecule has 0 aliphatic carbocycles. The van der Waals surface area contributed by atoms with Gasteiger partial charge in [-0.1, -0.05) is 24.3 Å². The third kappa shape index (κ3) is 3.49. The minimum atomic E-state index is -0.453. The van der Waals surface area contributed by atoms with Crippen LogP contribution in [0.1, 0.15) is 28.5 Å². The second kappa shape index (κ2) is 7.83. The molecule has 1 N–H and O–H groups in total. The van der Waals surface area contributed by atoms with E-state index in [1.54, 1.807) is 49.4 Å². The van der Waals surface area contributed by atoms with Crippen LogP contribution < -0.4 is 4.74 Å². The van der Waals surface area contributed by atoms with E-state index in [4.69, 9.17) is 9.47 Å². The largest absolute Gasteiger partial charge is 0.497 e. The van der Waals surface area contributed by atoms with Gasteiger partial charge in [-0.15, -0.1) is 0 Å². The Morgan fingerprint density at radius 3 is 2.76 bits per heavy atom. The fourth-order valence-corrected chi connectivity index (χ4v) is 3.65. The number of carbonyl (C=O) groups excluding carboxylic acids is 2. The van der Waals surface area contributed by atoms with Gasteiger partial charge in [-0.3, -0.25) is 4.79 Å². The maximum Gasteiger partial charge on any atom is 0.341 e. The first-order chi connectivity index (χ1) is 14.1. The number of rotatable bonds is 4. The molecule has 6 heteroatoms. The van der Waals surface area contributed by atoms with E-state index in [2.05, 4.69) is 4.98 Å². The zero-order chi connectivity index (χ0) is 20.4. The Hall–Kier alpha value is -3.54. The van der Waals surface area contributed by atoms with Crippen LogP contribution in [0.25, 0.3) is 16.5 Å². The summed E-state index contributed by atoms with van der Waals surface area (Å²) < 4.78 is 10.5. The van der Waals surface area contributed by atoms with Gasteiger partial charge in [0, 0.05) is 29.2 Å². The van der Waals surface area contributed by atoms with E-state index >= 15 is 0 Å². The van der Waals surface area contributed by atoms with E-state index in [-0.39, 0.29) is 12.5 Å². The number of esters is 1. The van der Waals surface area contributed by atoms with E-state index in [0.717, 1.165) is 16.5 Å². The molecule has 0 saturated heterocycles. The van der Waals surface area contributed by atoms with Gasteiger partial charge >= 0.3 is 5.97 Å². The smallest absolute Gasteiger partial charge is 0.341 e. The van der Waals surface area contributed by atoms with Crippen molar-refractivity contribution in [2.24, 2.45) is 0 Å². The lowest BCUT2D eigenvalue weighted by Crippen LogP contribution is -2.28. The van der Waals surface area contributed by atoms with Crippen molar-refractivity contribution in [2.75, 3.05) is 20.3 Å². The fourth-order valence-electron chi connectivity index (χ4n) is 3.65. The number of methoxy groups -OCH3 is 1. The highest BCUT2D eigenvalue weighted by atomic mass is 16.5. The van der Waals surface area contributed by atoms with Crippen LogP contribution >= 0.6 is 0 Å². The first-order valence-electron chi connectivity index (χ1n) is 9.56. The summed E-state index contributed by atoms with van der Waals surface area (Å²) in [7, 11) is 1.56. The number of benzene rings is 2. The Labute approximate surface area is 168 Å². The van der Waals surface area contributed by atoms with Gasteiger partial charge in [0.15, 0.2) is 0 Å². The lowest BCUT2D eigenvalue weighted by atomic mass is 10.0. The predicted molar refractivity (Wildman–Crippen MR) is 111 cm³/mol. The van der Waals surface area contributed by atoms with Gasteiger partial charge in [-0.05, 0) is 43.2 Å². The van der Waals surface area contributed by atoms with Crippen molar-refractivity contribution in [3.05, 3.63) is 71.6 Å². The first-order valence-corrected chi connectivity index (χ1v) is 9.56. The number of ether oxygens (including phenoxy) is 2. The molecule has 1 aliphatic heterocycles. The van der Waals surface area contributed by atoms with Crippen molar-refractivity contribution >= 4 is 28.4 Å². The van der Waals surface area contributed by atoms with Crippen molar-refractivity contribution < 1.29 is 19.1 Å². The predicted octanol–water partition coefficient (Wildman–Crippen LogP) is 3.78. The highest BCUT2D eigenvalue weighted by Crippen LogP contribution is 2.31. The van der Waals surface area contributed by atoms with Crippen LogP contribution in [0, 0.1) is 0 Å². The maximum atomic E-state index is 13.1. The van der Waals surface area contributed by atoms with Gasteiger partial charge in [-0.25, -0.2) is 4.79 Å². The molecule has 1 aromatic heterocycles. The van der Waals surface area contributed by atoms with Gasteiger partial charge < -0.3 is 19.4 Å². The molecular weight excluding hydrogens is 368 g/mol. The molecule has 3 aromatic rings. The molecule has 2 heterocycles. The average Bonchev–Trinajstić information content (AvgIpc) is 3.01. The molecule has 148 valence electrons. The zero-order valence-corrected chi connectivity index (χ0v) is 16.4. The molecule has 0 saturated carbocycles. The van der Waals surface area contributed by atoms with E-state index < -0.39 is 5.97 Å². The Bertz CT molecular complexity index is 1110. The van der Waals surface area contributed by atoms with E-state index in [1.807, 2.05) is 24.3 Å². The number of aromatic nitrogens is 1. The molecule has 1 aliphatic rings. The number of hydrogen-bond donors (Lipinski definition) is 1. The van der Waals surface area contributed by atoms with Gasteiger partial charge in [0.05, 0.1) is 25.0 Å². The number of carbonyl (C=O) groups is 2. The van der Waals surface area contributed by atoms with Crippen LogP contribution in [0.3, 0.4) is 0 Å². The normalized spacial score (nSPS) is 13.4. The summed E-state index contributed by atoms with van der Waals surface area (Å²) in [6.45, 7) is 2.48. The highest BCUT2D eigenvalue weighted by Gasteiger charge is 2.27. The third-order valence-corrected chi connectivity index (χ3v) is 5.04. The van der Waals surface area contributed by atoms with Crippen LogP contribution in [0.15, 0.2) is 54.7 Å². The quantitative estimate of drug-likeness (QED) is 0.688. The van der Waals surface area contributed by atoms with Crippen LogP contribution in [-0.2, 0) is 16.0 Å². The summed E-state index contributed by atoms with van der Waals surface area (Å²) in [6.07, 6.45) is 2.22. The Kier molecular flexibility index (Phi) is 5.08. The zero-order valence-electron chi connectivity index (χ0n) is 16.4. The van der Waals surface area contributed by atoms with Crippen LogP contribution in [0.5, 0.6) is 5.75 Å². The van der Waals surface area contributed by atoms with E-state index in [1.165, 1.54) is 0 Å². The lowest BCUT2D eigenvalue weighted by Gasteiger charge is -2.18. The SMILES string of the molecule is CCOC(=O)C1=CN(C(=O)c2cccc(OC)c2)CCc2c1[nH]c1ccccc21. The molecule has 0 spiro atoms. The minimum Gasteiger partial charge on any atom is -0.497 e. The van der Waals surface area contributed by atoms with E-state index in [9.17, 15) is 9.59 Å². The van der Waals surface area contributed by atoms with E-state index in [0.29, 0.717) is 35.5 Å². The average molecular weight is 390 g/mol. The lowest BCUT2D eigenvalue weighted by molar-refractivity contribution is -0.136. The van der Waals surface area contributed by atoms with Gasteiger partial charge in [0.2, 0.25) is 0 Å². The summed E-state index contributed by atoms with van der Waals surface area (Å²) in [5.74, 6) is -0.0395. The molecule has 29 heavy (non-hydrogen) atoms. The maximum absolute atomic E-state index is 13.1. The Morgan fingerprint density at radius 1 is 1.14 bits per heavy atom. The second-order valence-corrected chi connectivity index (χ2v) is 6.77. The van der Waals surface area contributed by atoms with Crippen molar-refractivity contribution in [1.82, 2.24) is 9.88 Å². The summed E-state index contributed by atoms with van der Waals surface area (Å²) in [6, 6.07) is 14.9. The molecule has 6 nitrogen and oxygen atoms in total. The van der Waals surface area contributed by atoms with Crippen LogP contribution in [-0.4, -0.2) is 42.0 Å². The molecule has 0 fully saturated rings. The van der Waals surface area contributed by atoms with Gasteiger partial charge in [0.1, 0.15) is 5.75 Å². The summed E-state index contributed by atoms with van der Waals surface area (Å²) in [5.41, 5.74) is 3.54. The summed E-state index contributed by atoms with van der Waals surface area (Å²) in [4.78, 5) is 30.8. The Morgan fingerprint density at radius 2 is 1.97 bits per heavy atom. The van der Waals surface area contributed by atoms with Crippen LogP contribution in [0.2, 0.25) is 0 Å². The fraction of sp³-hybridized carbons (Fsp3) is 0.217.